The number of nitrogens with zero attached hydrogens (tertiary/aromatic N) is 1. The van der Waals surface area contributed by atoms with Gasteiger partial charge in [0.1, 0.15) is 0 Å². The third-order valence-electron chi connectivity index (χ3n) is 3.27. The predicted molar refractivity (Wildman–Crippen MR) is 61.7 cm³/mol. The zero-order valence-corrected chi connectivity index (χ0v) is 8.56. The normalized spacial score (nSPS) is 25.1. The van der Waals surface area contributed by atoms with Crippen LogP contribution in [-0.2, 0) is 0 Å². The maximum Gasteiger partial charge on any atom is 0.0702 e. The summed E-state index contributed by atoms with van der Waals surface area (Å²) >= 11 is 0. The largest absolute Gasteiger partial charge is 0.328 e. The standard InChI is InChI=1S/C13H14N2/c14-12-7-11(8-12)9-3-4-13-10(6-9)2-1-5-15-13/h1-6,11-12H,7-8,14H2. The SMILES string of the molecule is NC1CC(c2ccc3ncccc3c2)C1. The molecule has 3 rings (SSSR count). The Morgan fingerprint density at radius 3 is 2.87 bits per heavy atom. The van der Waals surface area contributed by atoms with Crippen molar-refractivity contribution in [3.63, 3.8) is 0 Å². The summed E-state index contributed by atoms with van der Waals surface area (Å²) in [6.07, 6.45) is 4.10. The van der Waals surface area contributed by atoms with Gasteiger partial charge in [-0.25, -0.2) is 0 Å². The van der Waals surface area contributed by atoms with Gasteiger partial charge in [0.2, 0.25) is 0 Å². The third-order valence-corrected chi connectivity index (χ3v) is 3.27. The van der Waals surface area contributed by atoms with Gasteiger partial charge in [0.25, 0.3) is 0 Å². The van der Waals surface area contributed by atoms with Crippen LogP contribution in [0.5, 0.6) is 0 Å². The molecule has 15 heavy (non-hydrogen) atoms. The van der Waals surface area contributed by atoms with Gasteiger partial charge in [-0.2, -0.15) is 0 Å². The van der Waals surface area contributed by atoms with Crippen molar-refractivity contribution in [1.29, 1.82) is 0 Å². The molecule has 0 atom stereocenters. The van der Waals surface area contributed by atoms with Crippen LogP contribution in [0.15, 0.2) is 36.5 Å². The minimum Gasteiger partial charge on any atom is -0.328 e. The minimum atomic E-state index is 0.416. The molecule has 76 valence electrons. The highest BCUT2D eigenvalue weighted by molar-refractivity contribution is 5.79. The van der Waals surface area contributed by atoms with Crippen molar-refractivity contribution in [3.8, 4) is 0 Å². The topological polar surface area (TPSA) is 38.9 Å². The second-order valence-corrected chi connectivity index (χ2v) is 4.38. The summed E-state index contributed by atoms with van der Waals surface area (Å²) < 4.78 is 0. The van der Waals surface area contributed by atoms with Crippen molar-refractivity contribution < 1.29 is 0 Å². The highest BCUT2D eigenvalue weighted by Crippen LogP contribution is 2.36. The first-order chi connectivity index (χ1) is 7.33. The molecule has 0 unspecified atom stereocenters. The van der Waals surface area contributed by atoms with Gasteiger partial charge < -0.3 is 5.73 Å². The van der Waals surface area contributed by atoms with Gasteiger partial charge >= 0.3 is 0 Å². The maximum absolute atomic E-state index is 5.81. The molecule has 1 saturated carbocycles. The molecule has 2 N–H and O–H groups in total. The zero-order valence-electron chi connectivity index (χ0n) is 8.56. The van der Waals surface area contributed by atoms with Crippen LogP contribution in [0.25, 0.3) is 10.9 Å². The Balaban J connectivity index is 1.99. The lowest BCUT2D eigenvalue weighted by Crippen LogP contribution is -2.34. The lowest BCUT2D eigenvalue weighted by molar-refractivity contribution is 0.352. The molecule has 1 aromatic carbocycles. The fourth-order valence-electron chi connectivity index (χ4n) is 2.28. The minimum absolute atomic E-state index is 0.416. The second kappa shape index (κ2) is 3.31. The van der Waals surface area contributed by atoms with E-state index < -0.39 is 0 Å². The fourth-order valence-corrected chi connectivity index (χ4v) is 2.28. The van der Waals surface area contributed by atoms with E-state index in [1.807, 2.05) is 12.3 Å². The average Bonchev–Trinajstić information content (AvgIpc) is 2.24. The first-order valence-corrected chi connectivity index (χ1v) is 5.43. The van der Waals surface area contributed by atoms with Crippen molar-refractivity contribution in [3.05, 3.63) is 42.1 Å². The molecule has 2 aromatic rings. The van der Waals surface area contributed by atoms with Crippen LogP contribution < -0.4 is 5.73 Å². The molecular weight excluding hydrogens is 184 g/mol. The summed E-state index contributed by atoms with van der Waals surface area (Å²) in [6.45, 7) is 0. The third kappa shape index (κ3) is 1.51. The molecule has 1 aliphatic rings. The van der Waals surface area contributed by atoms with Crippen LogP contribution in [0.4, 0.5) is 0 Å². The van der Waals surface area contributed by atoms with Crippen molar-refractivity contribution in [1.82, 2.24) is 4.98 Å². The number of nitrogens with two attached hydrogens (primary N) is 1. The lowest BCUT2D eigenvalue weighted by Gasteiger charge is -2.32. The first-order valence-electron chi connectivity index (χ1n) is 5.43. The van der Waals surface area contributed by atoms with Gasteiger partial charge in [-0.15, -0.1) is 0 Å². The predicted octanol–water partition coefficient (Wildman–Crippen LogP) is 2.44. The number of rotatable bonds is 1. The van der Waals surface area contributed by atoms with Crippen molar-refractivity contribution in [2.45, 2.75) is 24.8 Å². The van der Waals surface area contributed by atoms with Crippen LogP contribution in [0.2, 0.25) is 0 Å². The van der Waals surface area contributed by atoms with Crippen molar-refractivity contribution >= 4 is 10.9 Å². The lowest BCUT2D eigenvalue weighted by atomic mass is 9.76. The van der Waals surface area contributed by atoms with E-state index in [1.165, 1.54) is 10.9 Å². The van der Waals surface area contributed by atoms with Crippen LogP contribution in [-0.4, -0.2) is 11.0 Å². The molecular formula is C13H14N2. The smallest absolute Gasteiger partial charge is 0.0702 e. The van der Waals surface area contributed by atoms with E-state index in [0.29, 0.717) is 12.0 Å². The fraction of sp³-hybridized carbons (Fsp3) is 0.308. The maximum atomic E-state index is 5.81. The molecule has 0 aliphatic heterocycles. The van der Waals surface area contributed by atoms with Gasteiger partial charge in [-0.3, -0.25) is 4.98 Å². The molecule has 0 bridgehead atoms. The molecule has 0 radical (unpaired) electrons. The number of pyridine rings is 1. The van der Waals surface area contributed by atoms with Crippen LogP contribution >= 0.6 is 0 Å². The average molecular weight is 198 g/mol. The van der Waals surface area contributed by atoms with E-state index in [9.17, 15) is 0 Å². The summed E-state index contributed by atoms with van der Waals surface area (Å²) in [5.41, 5.74) is 8.29. The van der Waals surface area contributed by atoms with Crippen LogP contribution in [0.3, 0.4) is 0 Å². The van der Waals surface area contributed by atoms with E-state index in [1.54, 1.807) is 0 Å². The Labute approximate surface area is 89.1 Å². The van der Waals surface area contributed by atoms with Crippen molar-refractivity contribution in [2.24, 2.45) is 5.73 Å². The van der Waals surface area contributed by atoms with E-state index in [2.05, 4.69) is 29.2 Å². The first kappa shape index (κ1) is 8.86. The summed E-state index contributed by atoms with van der Waals surface area (Å²) in [7, 11) is 0. The molecule has 2 nitrogen and oxygen atoms in total. The van der Waals surface area contributed by atoms with E-state index in [0.717, 1.165) is 18.4 Å². The summed E-state index contributed by atoms with van der Waals surface area (Å²) in [5.74, 6) is 0.671. The summed E-state index contributed by atoms with van der Waals surface area (Å²) in [5, 5.41) is 1.23. The summed E-state index contributed by atoms with van der Waals surface area (Å²) in [6, 6.07) is 11.1. The van der Waals surface area contributed by atoms with Crippen LogP contribution in [0.1, 0.15) is 24.3 Å². The van der Waals surface area contributed by atoms with Crippen molar-refractivity contribution in [2.75, 3.05) is 0 Å². The second-order valence-electron chi connectivity index (χ2n) is 4.38. The molecule has 1 aliphatic carbocycles. The van der Waals surface area contributed by atoms with Gasteiger partial charge in [0, 0.05) is 17.6 Å². The van der Waals surface area contributed by atoms with E-state index >= 15 is 0 Å². The van der Waals surface area contributed by atoms with Gasteiger partial charge in [-0.05, 0) is 42.5 Å². The number of hydrogen-bond acceptors (Lipinski definition) is 2. The van der Waals surface area contributed by atoms with Crippen LogP contribution in [0, 0.1) is 0 Å². The quantitative estimate of drug-likeness (QED) is 0.764. The Kier molecular flexibility index (Phi) is 1.96. The molecule has 1 aromatic heterocycles. The Hall–Kier alpha value is -1.41. The van der Waals surface area contributed by atoms with E-state index in [4.69, 9.17) is 5.73 Å². The monoisotopic (exact) mass is 198 g/mol. The molecule has 0 spiro atoms. The molecule has 0 saturated heterocycles. The van der Waals surface area contributed by atoms with E-state index in [-0.39, 0.29) is 0 Å². The number of hydrogen-bond donors (Lipinski definition) is 1. The number of benzene rings is 1. The molecule has 2 heteroatoms. The highest BCUT2D eigenvalue weighted by Gasteiger charge is 2.27. The van der Waals surface area contributed by atoms with Gasteiger partial charge in [0.15, 0.2) is 0 Å². The zero-order chi connectivity index (χ0) is 10.3. The Morgan fingerprint density at radius 2 is 2.07 bits per heavy atom. The Bertz CT molecular complexity index is 487. The number of aromatic nitrogens is 1. The highest BCUT2D eigenvalue weighted by atomic mass is 14.7. The number of fused-ring (bicyclic) bond motifs is 1. The summed E-state index contributed by atoms with van der Waals surface area (Å²) in [4.78, 5) is 4.32. The molecule has 0 amide bonds. The van der Waals surface area contributed by atoms with Gasteiger partial charge in [0.05, 0.1) is 5.52 Å². The Morgan fingerprint density at radius 1 is 1.20 bits per heavy atom. The molecule has 1 heterocycles. The van der Waals surface area contributed by atoms with Gasteiger partial charge in [-0.1, -0.05) is 12.1 Å². The molecule has 1 fully saturated rings.